The van der Waals surface area contributed by atoms with Crippen molar-refractivity contribution in [2.24, 2.45) is 0 Å². The first-order valence-corrected chi connectivity index (χ1v) is 10.8. The van der Waals surface area contributed by atoms with Crippen LogP contribution in [0.3, 0.4) is 0 Å². The Morgan fingerprint density at radius 3 is 2.62 bits per heavy atom. The molecule has 1 heterocycles. The number of nitrogens with zero attached hydrogens (tertiary/aromatic N) is 1. The molecule has 1 aliphatic heterocycles. The number of benzene rings is 2. The molecule has 0 radical (unpaired) electrons. The fraction of sp³-hybridized carbons (Fsp3) is 0.364. The molecule has 2 aromatic carbocycles. The molecule has 3 rings (SSSR count). The van der Waals surface area contributed by atoms with Crippen LogP contribution in [-0.2, 0) is 9.59 Å². The number of rotatable bonds is 8. The standard InChI is InChI=1S/C22H24F2N2O2S/c1-2-3-4-5-6-20(27)25-17-10-7-15(8-11-17)22-26(21(28)14-29-22)19-13-16(23)9-12-18(19)24/h7-13,22H,2-6,14H2,1H3,(H,25,27). The highest BCUT2D eigenvalue weighted by Gasteiger charge is 2.35. The molecule has 1 N–H and O–H groups in total. The van der Waals surface area contributed by atoms with Gasteiger partial charge >= 0.3 is 0 Å². The van der Waals surface area contributed by atoms with E-state index in [9.17, 15) is 18.4 Å². The van der Waals surface area contributed by atoms with Crippen LogP contribution in [-0.4, -0.2) is 17.6 Å². The number of nitrogens with one attached hydrogen (secondary N) is 1. The molecule has 1 fully saturated rings. The van der Waals surface area contributed by atoms with Gasteiger partial charge in [0.15, 0.2) is 0 Å². The molecule has 1 atom stereocenters. The van der Waals surface area contributed by atoms with Gasteiger partial charge in [0.05, 0.1) is 11.4 Å². The van der Waals surface area contributed by atoms with Crippen molar-refractivity contribution < 1.29 is 18.4 Å². The smallest absolute Gasteiger partial charge is 0.238 e. The molecule has 4 nitrogen and oxygen atoms in total. The Labute approximate surface area is 173 Å². The van der Waals surface area contributed by atoms with E-state index in [2.05, 4.69) is 12.2 Å². The molecule has 29 heavy (non-hydrogen) atoms. The summed E-state index contributed by atoms with van der Waals surface area (Å²) in [5.41, 5.74) is 1.40. The molecule has 1 aliphatic rings. The molecule has 0 aromatic heterocycles. The summed E-state index contributed by atoms with van der Waals surface area (Å²) in [5, 5.41) is 2.42. The van der Waals surface area contributed by atoms with E-state index >= 15 is 0 Å². The Morgan fingerprint density at radius 1 is 1.14 bits per heavy atom. The minimum absolute atomic E-state index is 0.0252. The predicted molar refractivity (Wildman–Crippen MR) is 113 cm³/mol. The van der Waals surface area contributed by atoms with Gasteiger partial charge in [-0.15, -0.1) is 11.8 Å². The van der Waals surface area contributed by atoms with Crippen molar-refractivity contribution in [1.82, 2.24) is 0 Å². The number of carbonyl (C=O) groups is 2. The maximum atomic E-state index is 14.2. The summed E-state index contributed by atoms with van der Waals surface area (Å²) in [7, 11) is 0. The average Bonchev–Trinajstić information content (AvgIpc) is 3.09. The third kappa shape index (κ3) is 5.35. The zero-order chi connectivity index (χ0) is 20.8. The maximum Gasteiger partial charge on any atom is 0.238 e. The highest BCUT2D eigenvalue weighted by molar-refractivity contribution is 8.00. The summed E-state index contributed by atoms with van der Waals surface area (Å²) in [4.78, 5) is 25.7. The summed E-state index contributed by atoms with van der Waals surface area (Å²) in [6, 6.07) is 10.2. The Morgan fingerprint density at radius 2 is 1.90 bits per heavy atom. The predicted octanol–water partition coefficient (Wildman–Crippen LogP) is 5.65. The van der Waals surface area contributed by atoms with E-state index in [-0.39, 0.29) is 23.3 Å². The van der Waals surface area contributed by atoms with E-state index in [0.717, 1.165) is 49.4 Å². The normalized spacial score (nSPS) is 16.3. The molecule has 2 amide bonds. The minimum atomic E-state index is -0.640. The van der Waals surface area contributed by atoms with Crippen LogP contribution in [0.4, 0.5) is 20.2 Å². The number of carbonyl (C=O) groups excluding carboxylic acids is 2. The lowest BCUT2D eigenvalue weighted by atomic mass is 10.1. The molecular formula is C22H24F2N2O2S. The molecule has 2 aromatic rings. The van der Waals surface area contributed by atoms with E-state index < -0.39 is 17.0 Å². The van der Waals surface area contributed by atoms with Crippen LogP contribution in [0.25, 0.3) is 0 Å². The van der Waals surface area contributed by atoms with Crippen LogP contribution in [0.15, 0.2) is 42.5 Å². The lowest BCUT2D eigenvalue weighted by Crippen LogP contribution is -2.28. The average molecular weight is 419 g/mol. The van der Waals surface area contributed by atoms with E-state index in [1.165, 1.54) is 16.7 Å². The highest BCUT2D eigenvalue weighted by Crippen LogP contribution is 2.42. The van der Waals surface area contributed by atoms with Crippen molar-refractivity contribution >= 4 is 35.0 Å². The first kappa shape index (κ1) is 21.3. The monoisotopic (exact) mass is 418 g/mol. The quantitative estimate of drug-likeness (QED) is 0.564. The first-order valence-electron chi connectivity index (χ1n) is 9.78. The number of anilines is 2. The third-order valence-corrected chi connectivity index (χ3v) is 5.98. The molecule has 154 valence electrons. The summed E-state index contributed by atoms with van der Waals surface area (Å²) in [6.45, 7) is 2.13. The zero-order valence-electron chi connectivity index (χ0n) is 16.3. The fourth-order valence-electron chi connectivity index (χ4n) is 3.27. The molecule has 0 aliphatic carbocycles. The number of halogens is 2. The van der Waals surface area contributed by atoms with Crippen LogP contribution < -0.4 is 10.2 Å². The van der Waals surface area contributed by atoms with Gasteiger partial charge in [-0.3, -0.25) is 14.5 Å². The van der Waals surface area contributed by atoms with Crippen molar-refractivity contribution in [3.63, 3.8) is 0 Å². The van der Waals surface area contributed by atoms with Crippen LogP contribution in [0.5, 0.6) is 0 Å². The topological polar surface area (TPSA) is 49.4 Å². The van der Waals surface area contributed by atoms with E-state index in [1.807, 2.05) is 0 Å². The molecule has 0 spiro atoms. The van der Waals surface area contributed by atoms with Gasteiger partial charge in [0, 0.05) is 18.2 Å². The van der Waals surface area contributed by atoms with Gasteiger partial charge in [0.1, 0.15) is 17.0 Å². The van der Waals surface area contributed by atoms with Crippen molar-refractivity contribution in [3.8, 4) is 0 Å². The van der Waals surface area contributed by atoms with Crippen molar-refractivity contribution in [3.05, 3.63) is 59.7 Å². The van der Waals surface area contributed by atoms with Crippen LogP contribution in [0, 0.1) is 11.6 Å². The second-order valence-corrected chi connectivity index (χ2v) is 8.07. The fourth-order valence-corrected chi connectivity index (χ4v) is 4.44. The lowest BCUT2D eigenvalue weighted by molar-refractivity contribution is -0.116. The van der Waals surface area contributed by atoms with Gasteiger partial charge < -0.3 is 5.32 Å². The number of hydrogen-bond donors (Lipinski definition) is 1. The Hall–Kier alpha value is -2.41. The van der Waals surface area contributed by atoms with Gasteiger partial charge in [-0.1, -0.05) is 38.3 Å². The molecule has 0 saturated carbocycles. The van der Waals surface area contributed by atoms with Crippen LogP contribution >= 0.6 is 11.8 Å². The van der Waals surface area contributed by atoms with Gasteiger partial charge in [-0.05, 0) is 36.2 Å². The van der Waals surface area contributed by atoms with Crippen molar-refractivity contribution in [2.75, 3.05) is 16.0 Å². The molecule has 1 unspecified atom stereocenters. The molecule has 7 heteroatoms. The Bertz CT molecular complexity index is 874. The second kappa shape index (κ2) is 9.87. The number of thioether (sulfide) groups is 1. The minimum Gasteiger partial charge on any atom is -0.326 e. The number of unbranched alkanes of at least 4 members (excludes halogenated alkanes) is 3. The Kier molecular flexibility index (Phi) is 7.25. The third-order valence-electron chi connectivity index (χ3n) is 4.77. The Balaban J connectivity index is 1.69. The number of hydrogen-bond acceptors (Lipinski definition) is 3. The maximum absolute atomic E-state index is 14.2. The lowest BCUT2D eigenvalue weighted by Gasteiger charge is -2.25. The summed E-state index contributed by atoms with van der Waals surface area (Å²) in [6.07, 6.45) is 4.65. The summed E-state index contributed by atoms with van der Waals surface area (Å²) < 4.78 is 27.8. The van der Waals surface area contributed by atoms with Crippen molar-refractivity contribution in [1.29, 1.82) is 0 Å². The van der Waals surface area contributed by atoms with Crippen molar-refractivity contribution in [2.45, 2.75) is 44.4 Å². The van der Waals surface area contributed by atoms with Gasteiger partial charge in [0.25, 0.3) is 0 Å². The van der Waals surface area contributed by atoms with Gasteiger partial charge in [0.2, 0.25) is 11.8 Å². The van der Waals surface area contributed by atoms with E-state index in [1.54, 1.807) is 24.3 Å². The first-order chi connectivity index (χ1) is 14.0. The van der Waals surface area contributed by atoms with Crippen LogP contribution in [0.2, 0.25) is 0 Å². The van der Waals surface area contributed by atoms with E-state index in [4.69, 9.17) is 0 Å². The van der Waals surface area contributed by atoms with E-state index in [0.29, 0.717) is 12.1 Å². The number of amides is 2. The molecule has 1 saturated heterocycles. The van der Waals surface area contributed by atoms with Gasteiger partial charge in [-0.2, -0.15) is 0 Å². The molecular weight excluding hydrogens is 394 g/mol. The van der Waals surface area contributed by atoms with Gasteiger partial charge in [-0.25, -0.2) is 8.78 Å². The summed E-state index contributed by atoms with van der Waals surface area (Å²) >= 11 is 1.36. The SMILES string of the molecule is CCCCCCC(=O)Nc1ccc(C2SCC(=O)N2c2cc(F)ccc2F)cc1. The second-order valence-electron chi connectivity index (χ2n) is 7.00. The van der Waals surface area contributed by atoms with Crippen LogP contribution in [0.1, 0.15) is 50.0 Å². The summed E-state index contributed by atoms with van der Waals surface area (Å²) in [5.74, 6) is -1.34. The highest BCUT2D eigenvalue weighted by atomic mass is 32.2. The zero-order valence-corrected chi connectivity index (χ0v) is 17.1. The molecule has 0 bridgehead atoms. The largest absolute Gasteiger partial charge is 0.326 e.